The molecule has 7 rings (SSSR count). The van der Waals surface area contributed by atoms with Crippen molar-refractivity contribution in [2.24, 2.45) is 0 Å². The zero-order valence-electron chi connectivity index (χ0n) is 25.7. The number of phenolic OH excluding ortho intramolecular Hbond substituents is 1. The van der Waals surface area contributed by atoms with E-state index in [1.54, 1.807) is 36.4 Å². The molecule has 0 aliphatic carbocycles. The Balaban J connectivity index is 1.17. The molecule has 1 saturated heterocycles. The van der Waals surface area contributed by atoms with Crippen LogP contribution in [0.3, 0.4) is 0 Å². The first-order valence-corrected chi connectivity index (χ1v) is 17.0. The summed E-state index contributed by atoms with van der Waals surface area (Å²) in [6.07, 6.45) is 0. The first-order chi connectivity index (χ1) is 23.4. The van der Waals surface area contributed by atoms with Gasteiger partial charge >= 0.3 is 5.91 Å². The molecular weight excluding hydrogens is 643 g/mol. The normalized spacial score (nSPS) is 15.7. The van der Waals surface area contributed by atoms with E-state index in [4.69, 9.17) is 4.74 Å². The van der Waals surface area contributed by atoms with Crippen LogP contribution in [0.1, 0.15) is 33.9 Å². The number of nitrogens with zero attached hydrogens (tertiary/aromatic N) is 3. The van der Waals surface area contributed by atoms with Crippen LogP contribution in [-0.4, -0.2) is 32.1 Å². The lowest BCUT2D eigenvalue weighted by Crippen LogP contribution is -2.29. The number of benzene rings is 5. The molecule has 1 amide bonds. The van der Waals surface area contributed by atoms with Gasteiger partial charge in [-0.25, -0.2) is 0 Å². The number of ether oxygens (including phenoxy) is 1. The number of aliphatic hydroxyl groups excluding tert-OH is 1. The third kappa shape index (κ3) is 6.27. The standard InChI is InChI=1S/C38H29N3O5S2/c1-23-6-4-7-24(20-23)21-46-30-18-14-27(15-19-30)34(43)32-33(26-12-16-29(42)17-13-26)41(36(45)35(32)44)37-39-40-38(48-37)47-22-28-10-5-9-25-8-2-3-11-31(25)28/h2-20,33,42-43H,21-22H2,1H3. The number of hydrogen-bond donors (Lipinski definition) is 2. The number of ketones is 1. The maximum atomic E-state index is 13.6. The molecule has 238 valence electrons. The van der Waals surface area contributed by atoms with Crippen LogP contribution in [0.25, 0.3) is 16.5 Å². The molecule has 1 fully saturated rings. The Hall–Kier alpha value is -5.45. The highest BCUT2D eigenvalue weighted by Gasteiger charge is 2.48. The molecule has 1 unspecified atom stereocenters. The lowest BCUT2D eigenvalue weighted by Gasteiger charge is -2.22. The molecule has 5 aromatic carbocycles. The number of aliphatic hydroxyl groups is 1. The summed E-state index contributed by atoms with van der Waals surface area (Å²) in [7, 11) is 0. The summed E-state index contributed by atoms with van der Waals surface area (Å²) in [6.45, 7) is 2.40. The number of Topliss-reactive ketones (excluding diaryl/α,β-unsaturated/α-hetero) is 1. The molecule has 0 bridgehead atoms. The second kappa shape index (κ2) is 13.3. The lowest BCUT2D eigenvalue weighted by atomic mass is 9.95. The molecule has 1 aromatic heterocycles. The van der Waals surface area contributed by atoms with E-state index in [2.05, 4.69) is 34.5 Å². The molecule has 6 aromatic rings. The van der Waals surface area contributed by atoms with Crippen molar-refractivity contribution < 1.29 is 24.5 Å². The summed E-state index contributed by atoms with van der Waals surface area (Å²) in [6, 6.07) is 34.3. The minimum atomic E-state index is -0.994. The Bertz CT molecular complexity index is 2170. The topological polar surface area (TPSA) is 113 Å². The molecule has 48 heavy (non-hydrogen) atoms. The van der Waals surface area contributed by atoms with E-state index in [9.17, 15) is 19.8 Å². The molecule has 10 heteroatoms. The van der Waals surface area contributed by atoms with E-state index in [1.165, 1.54) is 40.1 Å². The average Bonchev–Trinajstić information content (AvgIpc) is 3.68. The van der Waals surface area contributed by atoms with Crippen LogP contribution in [0, 0.1) is 6.92 Å². The Morgan fingerprint density at radius 3 is 2.44 bits per heavy atom. The quantitative estimate of drug-likeness (QED) is 0.0520. The number of anilines is 1. The number of aromatic hydroxyl groups is 1. The van der Waals surface area contributed by atoms with E-state index in [0.29, 0.717) is 33.6 Å². The van der Waals surface area contributed by atoms with Crippen molar-refractivity contribution in [2.45, 2.75) is 29.7 Å². The number of fused-ring (bicyclic) bond motifs is 1. The van der Waals surface area contributed by atoms with E-state index in [0.717, 1.165) is 27.5 Å². The number of phenols is 1. The van der Waals surface area contributed by atoms with Crippen LogP contribution in [0.2, 0.25) is 0 Å². The maximum Gasteiger partial charge on any atom is 0.301 e. The van der Waals surface area contributed by atoms with Crippen molar-refractivity contribution in [1.29, 1.82) is 0 Å². The zero-order chi connectivity index (χ0) is 33.2. The number of carbonyl (C=O) groups excluding carboxylic acids is 2. The van der Waals surface area contributed by atoms with Crippen molar-refractivity contribution in [3.8, 4) is 11.5 Å². The van der Waals surface area contributed by atoms with Crippen LogP contribution >= 0.6 is 23.1 Å². The van der Waals surface area contributed by atoms with Gasteiger partial charge < -0.3 is 14.9 Å². The van der Waals surface area contributed by atoms with Gasteiger partial charge in [-0.2, -0.15) is 0 Å². The summed E-state index contributed by atoms with van der Waals surface area (Å²) in [5.74, 6) is -0.735. The second-order valence-corrected chi connectivity index (χ2v) is 13.5. The monoisotopic (exact) mass is 671 g/mol. The Kier molecular flexibility index (Phi) is 8.66. The van der Waals surface area contributed by atoms with E-state index in [-0.39, 0.29) is 22.2 Å². The Morgan fingerprint density at radius 2 is 1.65 bits per heavy atom. The fourth-order valence-corrected chi connectivity index (χ4v) is 7.62. The van der Waals surface area contributed by atoms with E-state index < -0.39 is 17.7 Å². The molecule has 0 spiro atoms. The minimum Gasteiger partial charge on any atom is -0.508 e. The van der Waals surface area contributed by atoms with Crippen molar-refractivity contribution in [3.63, 3.8) is 0 Å². The van der Waals surface area contributed by atoms with Crippen LogP contribution in [0.4, 0.5) is 5.13 Å². The molecule has 2 heterocycles. The van der Waals surface area contributed by atoms with Crippen molar-refractivity contribution in [3.05, 3.63) is 149 Å². The molecule has 0 saturated carbocycles. The minimum absolute atomic E-state index is 0.0278. The SMILES string of the molecule is Cc1cccc(COc2ccc(C(O)=C3C(=O)C(=O)N(c4nnc(SCc5cccc6ccccc56)s4)C3c3ccc(O)cc3)cc2)c1. The first-order valence-electron chi connectivity index (χ1n) is 15.2. The van der Waals surface area contributed by atoms with E-state index in [1.807, 2.05) is 49.4 Å². The van der Waals surface area contributed by atoms with Crippen molar-refractivity contribution in [1.82, 2.24) is 10.2 Å². The number of carbonyl (C=O) groups is 2. The summed E-state index contributed by atoms with van der Waals surface area (Å²) >= 11 is 2.69. The maximum absolute atomic E-state index is 13.6. The predicted octanol–water partition coefficient (Wildman–Crippen LogP) is 8.20. The lowest BCUT2D eigenvalue weighted by molar-refractivity contribution is -0.132. The van der Waals surface area contributed by atoms with E-state index >= 15 is 0 Å². The summed E-state index contributed by atoms with van der Waals surface area (Å²) in [5.41, 5.74) is 4.10. The van der Waals surface area contributed by atoms with Gasteiger partial charge in [-0.1, -0.05) is 108 Å². The van der Waals surface area contributed by atoms with Crippen molar-refractivity contribution in [2.75, 3.05) is 4.90 Å². The average molecular weight is 672 g/mol. The zero-order valence-corrected chi connectivity index (χ0v) is 27.4. The van der Waals surface area contributed by atoms with Gasteiger partial charge in [0.1, 0.15) is 23.9 Å². The van der Waals surface area contributed by atoms with Gasteiger partial charge in [0.15, 0.2) is 4.34 Å². The summed E-state index contributed by atoms with van der Waals surface area (Å²) in [5, 5.41) is 32.7. The summed E-state index contributed by atoms with van der Waals surface area (Å²) < 4.78 is 6.56. The number of thioether (sulfide) groups is 1. The van der Waals surface area contributed by atoms with Crippen LogP contribution < -0.4 is 9.64 Å². The van der Waals surface area contributed by atoms with Gasteiger partial charge in [0.2, 0.25) is 5.13 Å². The second-order valence-electron chi connectivity index (χ2n) is 11.3. The number of hydrogen-bond acceptors (Lipinski definition) is 9. The molecule has 2 N–H and O–H groups in total. The van der Waals surface area contributed by atoms with Gasteiger partial charge in [0.25, 0.3) is 5.78 Å². The van der Waals surface area contributed by atoms with Gasteiger partial charge in [-0.05, 0) is 70.8 Å². The highest BCUT2D eigenvalue weighted by atomic mass is 32.2. The van der Waals surface area contributed by atoms with Gasteiger partial charge in [-0.15, -0.1) is 10.2 Å². The van der Waals surface area contributed by atoms with Crippen molar-refractivity contribution >= 4 is 56.5 Å². The Labute approximate surface area is 285 Å². The summed E-state index contributed by atoms with van der Waals surface area (Å²) in [4.78, 5) is 28.5. The number of amides is 1. The largest absolute Gasteiger partial charge is 0.508 e. The van der Waals surface area contributed by atoms with Crippen LogP contribution in [-0.2, 0) is 21.9 Å². The molecule has 1 aliphatic heterocycles. The Morgan fingerprint density at radius 1 is 0.896 bits per heavy atom. The van der Waals surface area contributed by atoms with Crippen LogP contribution in [0.15, 0.2) is 125 Å². The van der Waals surface area contributed by atoms with Gasteiger partial charge in [-0.3, -0.25) is 14.5 Å². The fraction of sp³-hybridized carbons (Fsp3) is 0.105. The molecule has 1 atom stereocenters. The molecule has 1 aliphatic rings. The first kappa shape index (κ1) is 31.2. The predicted molar refractivity (Wildman–Crippen MR) is 188 cm³/mol. The number of aromatic nitrogens is 2. The molecule has 0 radical (unpaired) electrons. The smallest absolute Gasteiger partial charge is 0.301 e. The highest BCUT2D eigenvalue weighted by Crippen LogP contribution is 2.44. The third-order valence-corrected chi connectivity index (χ3v) is 10.2. The van der Waals surface area contributed by atoms with Gasteiger partial charge in [0.05, 0.1) is 11.6 Å². The van der Waals surface area contributed by atoms with Gasteiger partial charge in [0, 0.05) is 11.3 Å². The third-order valence-electron chi connectivity index (χ3n) is 8.10. The molecular formula is C38H29N3O5S2. The highest BCUT2D eigenvalue weighted by molar-refractivity contribution is 8.00. The fourth-order valence-electron chi connectivity index (χ4n) is 5.75. The number of rotatable bonds is 9. The number of aryl methyl sites for hydroxylation is 1. The van der Waals surface area contributed by atoms with Crippen LogP contribution in [0.5, 0.6) is 11.5 Å². The molecule has 8 nitrogen and oxygen atoms in total.